The van der Waals surface area contributed by atoms with Gasteiger partial charge < -0.3 is 14.8 Å². The van der Waals surface area contributed by atoms with Crippen molar-refractivity contribution in [1.82, 2.24) is 15.0 Å². The van der Waals surface area contributed by atoms with Crippen LogP contribution in [0.25, 0.3) is 27.9 Å². The number of fused-ring (bicyclic) bond motifs is 1. The van der Waals surface area contributed by atoms with E-state index in [-0.39, 0.29) is 22.9 Å². The minimum Gasteiger partial charge on any atom is -0.510 e. The number of ether oxygens (including phenoxy) is 1. The van der Waals surface area contributed by atoms with Crippen LogP contribution in [0.2, 0.25) is 0 Å². The largest absolute Gasteiger partial charge is 0.510 e. The Morgan fingerprint density at radius 2 is 1.90 bits per heavy atom. The van der Waals surface area contributed by atoms with Crippen molar-refractivity contribution in [3.63, 3.8) is 0 Å². The second-order valence-electron chi connectivity index (χ2n) is 6.07. The van der Waals surface area contributed by atoms with Crippen molar-refractivity contribution in [3.05, 3.63) is 71.6 Å². The van der Waals surface area contributed by atoms with E-state index in [1.54, 1.807) is 0 Å². The molecule has 0 fully saturated rings. The first-order chi connectivity index (χ1) is 14.2. The summed E-state index contributed by atoms with van der Waals surface area (Å²) in [6, 6.07) is 17.3. The van der Waals surface area contributed by atoms with E-state index in [0.29, 0.717) is 5.52 Å². The molecule has 0 aliphatic heterocycles. The van der Waals surface area contributed by atoms with Gasteiger partial charge in [-0.25, -0.2) is 14.8 Å². The Morgan fingerprint density at radius 1 is 1.14 bits per heavy atom. The Bertz CT molecular complexity index is 1150. The molecular formula is C21H17N3O3S2. The number of imidazole rings is 1. The molecule has 0 spiro atoms. The van der Waals surface area contributed by atoms with Gasteiger partial charge in [0.25, 0.3) is 0 Å². The Kier molecular flexibility index (Phi) is 5.64. The molecule has 0 saturated carbocycles. The highest BCUT2D eigenvalue weighted by Gasteiger charge is 2.22. The third-order valence-corrected chi connectivity index (χ3v) is 6.22. The molecule has 4 aromatic rings. The number of benzene rings is 2. The number of thioether (sulfide) groups is 1. The number of methoxy groups -OCH3 is 1. The van der Waals surface area contributed by atoms with Crippen molar-refractivity contribution in [2.75, 3.05) is 12.9 Å². The number of aromatic nitrogens is 3. The third-order valence-electron chi connectivity index (χ3n) is 4.19. The van der Waals surface area contributed by atoms with E-state index in [2.05, 4.69) is 15.0 Å². The standard InChI is InChI=1S/C21H17N3O3S2/c1-27-20(26)18(19-22-14-9-5-6-10-15(14)23-19)17(25)12-29-21-24-16(11-28-21)13-7-3-2-4-8-13/h2-11,25H,12H2,1H3,(H,22,23)/b18-17+. The molecule has 0 bridgehead atoms. The number of thiazole rings is 1. The van der Waals surface area contributed by atoms with Gasteiger partial charge in [-0.15, -0.1) is 11.3 Å². The first kappa shape index (κ1) is 19.2. The van der Waals surface area contributed by atoms with Gasteiger partial charge in [0.05, 0.1) is 29.6 Å². The zero-order valence-electron chi connectivity index (χ0n) is 15.5. The van der Waals surface area contributed by atoms with Gasteiger partial charge in [-0.05, 0) is 12.1 Å². The van der Waals surface area contributed by atoms with E-state index in [9.17, 15) is 9.90 Å². The first-order valence-corrected chi connectivity index (χ1v) is 10.6. The number of nitrogens with one attached hydrogen (secondary N) is 1. The molecule has 146 valence electrons. The van der Waals surface area contributed by atoms with E-state index in [1.165, 1.54) is 30.2 Å². The fraction of sp³-hybridized carbons (Fsp3) is 0.0952. The maximum Gasteiger partial charge on any atom is 0.345 e. The Balaban J connectivity index is 1.58. The highest BCUT2D eigenvalue weighted by atomic mass is 32.2. The fourth-order valence-electron chi connectivity index (χ4n) is 2.79. The van der Waals surface area contributed by atoms with E-state index in [4.69, 9.17) is 4.74 Å². The van der Waals surface area contributed by atoms with Gasteiger partial charge in [-0.3, -0.25) is 0 Å². The Morgan fingerprint density at radius 3 is 2.66 bits per heavy atom. The van der Waals surface area contributed by atoms with Gasteiger partial charge in [-0.2, -0.15) is 0 Å². The van der Waals surface area contributed by atoms with Crippen LogP contribution in [0.3, 0.4) is 0 Å². The summed E-state index contributed by atoms with van der Waals surface area (Å²) in [4.78, 5) is 24.4. The van der Waals surface area contributed by atoms with E-state index >= 15 is 0 Å². The second kappa shape index (κ2) is 8.50. The Labute approximate surface area is 175 Å². The number of esters is 1. The number of aliphatic hydroxyl groups is 1. The van der Waals surface area contributed by atoms with Crippen LogP contribution in [0, 0.1) is 0 Å². The average Bonchev–Trinajstić information content (AvgIpc) is 3.40. The highest BCUT2D eigenvalue weighted by molar-refractivity contribution is 8.01. The van der Waals surface area contributed by atoms with Crippen LogP contribution in [0.15, 0.2) is 70.1 Å². The molecule has 0 unspecified atom stereocenters. The predicted molar refractivity (Wildman–Crippen MR) is 116 cm³/mol. The first-order valence-electron chi connectivity index (χ1n) is 8.75. The van der Waals surface area contributed by atoms with Crippen molar-refractivity contribution < 1.29 is 14.6 Å². The minimum absolute atomic E-state index is 0.0241. The summed E-state index contributed by atoms with van der Waals surface area (Å²) in [6.45, 7) is 0. The van der Waals surface area contributed by atoms with Crippen molar-refractivity contribution in [1.29, 1.82) is 0 Å². The number of para-hydroxylation sites is 2. The van der Waals surface area contributed by atoms with Crippen LogP contribution < -0.4 is 0 Å². The molecule has 2 N–H and O–H groups in total. The maximum absolute atomic E-state index is 12.3. The number of carbonyl (C=O) groups is 1. The van der Waals surface area contributed by atoms with Crippen LogP contribution in [0.4, 0.5) is 0 Å². The second-order valence-corrected chi connectivity index (χ2v) is 8.15. The molecule has 0 radical (unpaired) electrons. The van der Waals surface area contributed by atoms with Gasteiger partial charge in [0.2, 0.25) is 0 Å². The number of aliphatic hydroxyl groups excluding tert-OH is 1. The molecule has 2 heterocycles. The van der Waals surface area contributed by atoms with Crippen LogP contribution in [-0.2, 0) is 9.53 Å². The fourth-order valence-corrected chi connectivity index (χ4v) is 4.50. The number of nitrogens with zero attached hydrogens (tertiary/aromatic N) is 2. The molecule has 0 saturated heterocycles. The van der Waals surface area contributed by atoms with Crippen molar-refractivity contribution in [2.45, 2.75) is 4.34 Å². The zero-order chi connectivity index (χ0) is 20.2. The smallest absolute Gasteiger partial charge is 0.345 e. The summed E-state index contributed by atoms with van der Waals surface area (Å²) in [5.41, 5.74) is 3.42. The molecular weight excluding hydrogens is 406 g/mol. The van der Waals surface area contributed by atoms with Crippen LogP contribution in [0.5, 0.6) is 0 Å². The topological polar surface area (TPSA) is 88.1 Å². The predicted octanol–water partition coefficient (Wildman–Crippen LogP) is 4.92. The van der Waals surface area contributed by atoms with Crippen molar-refractivity contribution in [2.24, 2.45) is 0 Å². The summed E-state index contributed by atoms with van der Waals surface area (Å²) >= 11 is 2.84. The van der Waals surface area contributed by atoms with Gasteiger partial charge in [0, 0.05) is 10.9 Å². The lowest BCUT2D eigenvalue weighted by Gasteiger charge is -2.06. The number of carbonyl (C=O) groups excluding carboxylic acids is 1. The van der Waals surface area contributed by atoms with Gasteiger partial charge >= 0.3 is 5.97 Å². The maximum atomic E-state index is 12.3. The molecule has 0 aliphatic carbocycles. The molecule has 4 rings (SSSR count). The number of hydrogen-bond donors (Lipinski definition) is 2. The summed E-state index contributed by atoms with van der Waals surface area (Å²) in [6.07, 6.45) is 0. The molecule has 0 amide bonds. The van der Waals surface area contributed by atoms with Gasteiger partial charge in [0.15, 0.2) is 4.34 Å². The van der Waals surface area contributed by atoms with E-state index in [1.807, 2.05) is 60.0 Å². The molecule has 29 heavy (non-hydrogen) atoms. The molecule has 2 aromatic heterocycles. The molecule has 8 heteroatoms. The SMILES string of the molecule is COC(=O)/C(=C(/O)CSc1nc(-c2ccccc2)cs1)c1nc2ccccc2[nH]1. The van der Waals surface area contributed by atoms with Crippen molar-refractivity contribution in [3.8, 4) is 11.3 Å². The lowest BCUT2D eigenvalue weighted by molar-refractivity contribution is -0.133. The summed E-state index contributed by atoms with van der Waals surface area (Å²) in [5, 5.41) is 12.6. The van der Waals surface area contributed by atoms with Gasteiger partial charge in [-0.1, -0.05) is 54.2 Å². The molecule has 6 nitrogen and oxygen atoms in total. The number of aromatic amines is 1. The lowest BCUT2D eigenvalue weighted by atomic mass is 10.2. The van der Waals surface area contributed by atoms with Gasteiger partial charge in [0.1, 0.15) is 17.2 Å². The summed E-state index contributed by atoms with van der Waals surface area (Å²) < 4.78 is 5.65. The van der Waals surface area contributed by atoms with E-state index in [0.717, 1.165) is 21.1 Å². The Hall–Kier alpha value is -3.10. The van der Waals surface area contributed by atoms with E-state index < -0.39 is 5.97 Å². The lowest BCUT2D eigenvalue weighted by Crippen LogP contribution is -2.09. The van der Waals surface area contributed by atoms with Crippen LogP contribution >= 0.6 is 23.1 Å². The van der Waals surface area contributed by atoms with Crippen LogP contribution in [0.1, 0.15) is 5.82 Å². The van der Waals surface area contributed by atoms with Crippen molar-refractivity contribution >= 4 is 45.7 Å². The monoisotopic (exact) mass is 423 g/mol. The third kappa shape index (κ3) is 4.18. The molecule has 0 aliphatic rings. The number of hydrogen-bond acceptors (Lipinski definition) is 7. The summed E-state index contributed by atoms with van der Waals surface area (Å²) in [7, 11) is 1.28. The number of rotatable bonds is 6. The summed E-state index contributed by atoms with van der Waals surface area (Å²) in [5.74, 6) is -0.313. The van der Waals surface area contributed by atoms with Crippen LogP contribution in [-0.4, -0.2) is 38.9 Å². The quantitative estimate of drug-likeness (QED) is 0.198. The normalized spacial score (nSPS) is 12.0. The highest BCUT2D eigenvalue weighted by Crippen LogP contribution is 2.30. The minimum atomic E-state index is -0.647. The molecule has 0 atom stereocenters. The number of H-pyrrole nitrogens is 1. The molecule has 2 aromatic carbocycles. The zero-order valence-corrected chi connectivity index (χ0v) is 17.1. The average molecular weight is 424 g/mol.